The van der Waals surface area contributed by atoms with Crippen molar-refractivity contribution < 1.29 is 14.6 Å². The molecule has 0 atom stereocenters. The smallest absolute Gasteiger partial charge is 0.339 e. The van der Waals surface area contributed by atoms with E-state index in [-0.39, 0.29) is 18.0 Å². The number of benzene rings is 1. The van der Waals surface area contributed by atoms with E-state index in [9.17, 15) is 4.79 Å². The van der Waals surface area contributed by atoms with Gasteiger partial charge in [0.1, 0.15) is 11.3 Å². The van der Waals surface area contributed by atoms with Crippen molar-refractivity contribution >= 4 is 18.4 Å². The summed E-state index contributed by atoms with van der Waals surface area (Å²) in [6.07, 6.45) is 2.48. The Morgan fingerprint density at radius 3 is 2.61 bits per heavy atom. The van der Waals surface area contributed by atoms with Gasteiger partial charge < -0.3 is 9.84 Å². The first kappa shape index (κ1) is 14.8. The third kappa shape index (κ3) is 3.37. The molecule has 1 N–H and O–H groups in total. The molecule has 0 radical (unpaired) electrons. The van der Waals surface area contributed by atoms with Gasteiger partial charge in [0.15, 0.2) is 0 Å². The van der Waals surface area contributed by atoms with Crippen molar-refractivity contribution in [2.45, 2.75) is 19.4 Å². The Morgan fingerprint density at radius 1 is 1.39 bits per heavy atom. The fraction of sp³-hybridized carbons (Fsp3) is 0.462. The normalized spacial score (nSPS) is 15.2. The van der Waals surface area contributed by atoms with Crippen LogP contribution in [-0.4, -0.2) is 36.2 Å². The van der Waals surface area contributed by atoms with Crippen molar-refractivity contribution in [3.8, 4) is 5.75 Å². The van der Waals surface area contributed by atoms with Crippen molar-refractivity contribution in [3.05, 3.63) is 29.3 Å². The predicted molar refractivity (Wildman–Crippen MR) is 71.7 cm³/mol. The second-order valence-electron chi connectivity index (χ2n) is 4.32. The molecule has 0 saturated carbocycles. The van der Waals surface area contributed by atoms with Crippen LogP contribution in [0.25, 0.3) is 0 Å². The quantitative estimate of drug-likeness (QED) is 0.914. The first-order valence-corrected chi connectivity index (χ1v) is 5.83. The molecule has 0 amide bonds. The highest BCUT2D eigenvalue weighted by atomic mass is 35.5. The Bertz CT molecular complexity index is 417. The van der Waals surface area contributed by atoms with Gasteiger partial charge in [-0.1, -0.05) is 6.07 Å². The largest absolute Gasteiger partial charge is 0.496 e. The van der Waals surface area contributed by atoms with Gasteiger partial charge in [-0.15, -0.1) is 12.4 Å². The summed E-state index contributed by atoms with van der Waals surface area (Å²) in [5, 5.41) is 9.09. The van der Waals surface area contributed by atoms with Crippen LogP contribution in [0, 0.1) is 0 Å². The van der Waals surface area contributed by atoms with Gasteiger partial charge >= 0.3 is 5.97 Å². The highest BCUT2D eigenvalue weighted by Crippen LogP contribution is 2.21. The number of aromatic carboxylic acids is 1. The van der Waals surface area contributed by atoms with Gasteiger partial charge in [0.05, 0.1) is 7.11 Å². The molecule has 1 aromatic carbocycles. The molecule has 0 bridgehead atoms. The Labute approximate surface area is 113 Å². The number of carboxylic acids is 1. The Kier molecular flexibility index (Phi) is 5.44. The van der Waals surface area contributed by atoms with Crippen LogP contribution in [0.4, 0.5) is 0 Å². The average molecular weight is 272 g/mol. The molecule has 0 unspecified atom stereocenters. The Balaban J connectivity index is 0.00000162. The number of rotatable bonds is 4. The highest BCUT2D eigenvalue weighted by Gasteiger charge is 2.15. The zero-order chi connectivity index (χ0) is 12.3. The number of hydrogen-bond acceptors (Lipinski definition) is 3. The lowest BCUT2D eigenvalue weighted by Gasteiger charge is -2.15. The molecule has 0 spiro atoms. The van der Waals surface area contributed by atoms with E-state index in [1.54, 1.807) is 12.1 Å². The molecule has 1 aliphatic rings. The van der Waals surface area contributed by atoms with Gasteiger partial charge in [-0.3, -0.25) is 4.90 Å². The number of halogens is 1. The molecule has 18 heavy (non-hydrogen) atoms. The maximum absolute atomic E-state index is 11.1. The van der Waals surface area contributed by atoms with Crippen molar-refractivity contribution in [1.82, 2.24) is 4.90 Å². The molecule has 1 fully saturated rings. The number of methoxy groups -OCH3 is 1. The third-order valence-corrected chi connectivity index (χ3v) is 3.10. The second kappa shape index (κ2) is 6.61. The topological polar surface area (TPSA) is 49.8 Å². The summed E-state index contributed by atoms with van der Waals surface area (Å²) in [5.41, 5.74) is 1.27. The van der Waals surface area contributed by atoms with Gasteiger partial charge in [-0.05, 0) is 43.6 Å². The molecule has 0 aromatic heterocycles. The summed E-state index contributed by atoms with van der Waals surface area (Å²) in [4.78, 5) is 13.4. The second-order valence-corrected chi connectivity index (χ2v) is 4.32. The van der Waals surface area contributed by atoms with Crippen molar-refractivity contribution in [3.63, 3.8) is 0 Å². The number of likely N-dealkylation sites (tertiary alicyclic amines) is 1. The molecule has 1 aliphatic heterocycles. The van der Waals surface area contributed by atoms with Crippen LogP contribution in [0.5, 0.6) is 5.75 Å². The summed E-state index contributed by atoms with van der Waals surface area (Å²) in [7, 11) is 1.49. The van der Waals surface area contributed by atoms with Crippen LogP contribution in [0.3, 0.4) is 0 Å². The summed E-state index contributed by atoms with van der Waals surface area (Å²) in [6, 6.07) is 5.37. The Hall–Kier alpha value is -1.26. The molecular formula is C13H18ClNO3. The lowest BCUT2D eigenvalue weighted by atomic mass is 10.1. The zero-order valence-electron chi connectivity index (χ0n) is 10.4. The number of hydrogen-bond donors (Lipinski definition) is 1. The van der Waals surface area contributed by atoms with Crippen molar-refractivity contribution in [2.24, 2.45) is 0 Å². The standard InChI is InChI=1S/C13H17NO3.ClH/c1-17-12-5-4-10(8-11(12)13(15)16)9-14-6-2-3-7-14;/h4-5,8H,2-3,6-7,9H2,1H3,(H,15,16);1H. The van der Waals surface area contributed by atoms with Gasteiger partial charge in [-0.2, -0.15) is 0 Å². The van der Waals surface area contributed by atoms with E-state index < -0.39 is 5.97 Å². The van der Waals surface area contributed by atoms with Gasteiger partial charge in [0.2, 0.25) is 0 Å². The number of carboxylic acid groups (broad SMARTS) is 1. The van der Waals surface area contributed by atoms with E-state index in [1.807, 2.05) is 6.07 Å². The molecule has 1 saturated heterocycles. The van der Waals surface area contributed by atoms with E-state index in [0.29, 0.717) is 5.75 Å². The maximum Gasteiger partial charge on any atom is 0.339 e. The monoisotopic (exact) mass is 271 g/mol. The van der Waals surface area contributed by atoms with Crippen LogP contribution in [0.2, 0.25) is 0 Å². The van der Waals surface area contributed by atoms with E-state index in [4.69, 9.17) is 9.84 Å². The minimum Gasteiger partial charge on any atom is -0.496 e. The van der Waals surface area contributed by atoms with Gasteiger partial charge in [0.25, 0.3) is 0 Å². The first-order valence-electron chi connectivity index (χ1n) is 5.83. The third-order valence-electron chi connectivity index (χ3n) is 3.10. The summed E-state index contributed by atoms with van der Waals surface area (Å²) < 4.78 is 5.04. The van der Waals surface area contributed by atoms with E-state index in [0.717, 1.165) is 25.2 Å². The first-order chi connectivity index (χ1) is 8.20. The van der Waals surface area contributed by atoms with Crippen LogP contribution in [0.1, 0.15) is 28.8 Å². The predicted octanol–water partition coefficient (Wildman–Crippen LogP) is 2.41. The fourth-order valence-corrected chi connectivity index (χ4v) is 2.22. The molecule has 1 aromatic rings. The van der Waals surface area contributed by atoms with Gasteiger partial charge in [-0.25, -0.2) is 4.79 Å². The molecule has 1 heterocycles. The minimum atomic E-state index is -0.940. The molecule has 4 nitrogen and oxygen atoms in total. The van der Waals surface area contributed by atoms with Crippen molar-refractivity contribution in [1.29, 1.82) is 0 Å². The van der Waals surface area contributed by atoms with Crippen LogP contribution in [0.15, 0.2) is 18.2 Å². The van der Waals surface area contributed by atoms with Gasteiger partial charge in [0, 0.05) is 6.54 Å². The number of ether oxygens (including phenoxy) is 1. The van der Waals surface area contributed by atoms with Crippen molar-refractivity contribution in [2.75, 3.05) is 20.2 Å². The summed E-state index contributed by atoms with van der Waals surface area (Å²) in [6.45, 7) is 3.03. The van der Waals surface area contributed by atoms with E-state index in [1.165, 1.54) is 20.0 Å². The average Bonchev–Trinajstić information content (AvgIpc) is 2.81. The highest BCUT2D eigenvalue weighted by molar-refractivity contribution is 5.91. The SMILES string of the molecule is COc1ccc(CN2CCCC2)cc1C(=O)O.Cl. The van der Waals surface area contributed by atoms with Crippen LogP contribution in [-0.2, 0) is 6.54 Å². The molecule has 2 rings (SSSR count). The summed E-state index contributed by atoms with van der Waals surface area (Å²) >= 11 is 0. The lowest BCUT2D eigenvalue weighted by molar-refractivity contribution is 0.0693. The Morgan fingerprint density at radius 2 is 2.06 bits per heavy atom. The number of nitrogens with zero attached hydrogens (tertiary/aromatic N) is 1. The number of carbonyl (C=O) groups is 1. The van der Waals surface area contributed by atoms with Crippen LogP contribution < -0.4 is 4.74 Å². The van der Waals surface area contributed by atoms with E-state index in [2.05, 4.69) is 4.90 Å². The molecule has 0 aliphatic carbocycles. The zero-order valence-corrected chi connectivity index (χ0v) is 11.2. The molecule has 100 valence electrons. The van der Waals surface area contributed by atoms with Crippen LogP contribution >= 0.6 is 12.4 Å². The maximum atomic E-state index is 11.1. The molecular weight excluding hydrogens is 254 g/mol. The fourth-order valence-electron chi connectivity index (χ4n) is 2.22. The summed E-state index contributed by atoms with van der Waals surface area (Å²) in [5.74, 6) is -0.521. The molecule has 5 heteroatoms. The minimum absolute atomic E-state index is 0. The lowest BCUT2D eigenvalue weighted by Crippen LogP contribution is -2.18. The van der Waals surface area contributed by atoms with E-state index >= 15 is 0 Å².